The normalized spacial score (nSPS) is 14.6. The predicted octanol–water partition coefficient (Wildman–Crippen LogP) is 0.416. The first-order chi connectivity index (χ1) is 10.1. The lowest BCUT2D eigenvalue weighted by atomic mass is 10.2. The van der Waals surface area contributed by atoms with Crippen molar-refractivity contribution in [3.05, 3.63) is 23.8 Å². The number of phenolic OH excluding ortho intramolecular Hbond substituents is 1. The van der Waals surface area contributed by atoms with Crippen LogP contribution in [0.3, 0.4) is 0 Å². The molecule has 1 saturated heterocycles. The van der Waals surface area contributed by atoms with Crippen LogP contribution in [0.1, 0.15) is 10.4 Å². The van der Waals surface area contributed by atoms with Crippen molar-refractivity contribution < 1.29 is 28.9 Å². The summed E-state index contributed by atoms with van der Waals surface area (Å²) in [5, 5.41) is 9.65. The molecule has 7 heteroatoms. The fourth-order valence-electron chi connectivity index (χ4n) is 1.91. The second kappa shape index (κ2) is 6.94. The van der Waals surface area contributed by atoms with Crippen LogP contribution >= 0.6 is 0 Å². The van der Waals surface area contributed by atoms with E-state index in [2.05, 4.69) is 0 Å². The van der Waals surface area contributed by atoms with Crippen LogP contribution in [0.4, 0.5) is 0 Å². The Hall–Kier alpha value is -2.28. The van der Waals surface area contributed by atoms with Crippen molar-refractivity contribution in [1.29, 1.82) is 0 Å². The summed E-state index contributed by atoms with van der Waals surface area (Å²) in [6.07, 6.45) is 0. The number of esters is 1. The van der Waals surface area contributed by atoms with Crippen LogP contribution in [0.15, 0.2) is 18.2 Å². The molecule has 1 aromatic rings. The number of hydrogen-bond acceptors (Lipinski definition) is 6. The van der Waals surface area contributed by atoms with Gasteiger partial charge in [-0.15, -0.1) is 0 Å². The van der Waals surface area contributed by atoms with E-state index in [-0.39, 0.29) is 23.8 Å². The topological polar surface area (TPSA) is 85.3 Å². The summed E-state index contributed by atoms with van der Waals surface area (Å²) < 4.78 is 15.0. The molecule has 2 rings (SSSR count). The molecule has 0 spiro atoms. The Kier molecular flexibility index (Phi) is 4.99. The van der Waals surface area contributed by atoms with Gasteiger partial charge in [-0.25, -0.2) is 4.79 Å². The lowest BCUT2D eigenvalue weighted by Crippen LogP contribution is -2.42. The number of methoxy groups -OCH3 is 1. The van der Waals surface area contributed by atoms with Crippen molar-refractivity contribution >= 4 is 11.9 Å². The van der Waals surface area contributed by atoms with E-state index < -0.39 is 5.97 Å². The third-order valence-electron chi connectivity index (χ3n) is 3.11. The number of ether oxygens (including phenoxy) is 3. The zero-order chi connectivity index (χ0) is 15.2. The van der Waals surface area contributed by atoms with Crippen LogP contribution in [0.25, 0.3) is 0 Å². The van der Waals surface area contributed by atoms with E-state index >= 15 is 0 Å². The van der Waals surface area contributed by atoms with Crippen LogP contribution in [-0.2, 0) is 14.3 Å². The fourth-order valence-corrected chi connectivity index (χ4v) is 1.91. The SMILES string of the molecule is COc1ccc(O)c(C(=O)OCC(=O)N2CCOCC2)c1. The third-order valence-corrected chi connectivity index (χ3v) is 3.11. The number of amides is 1. The zero-order valence-corrected chi connectivity index (χ0v) is 11.7. The minimum Gasteiger partial charge on any atom is -0.507 e. The average Bonchev–Trinajstić information content (AvgIpc) is 2.53. The lowest BCUT2D eigenvalue weighted by Gasteiger charge is -2.26. The molecule has 1 aliphatic rings. The maximum atomic E-state index is 11.9. The van der Waals surface area contributed by atoms with Gasteiger partial charge in [0.15, 0.2) is 6.61 Å². The summed E-state index contributed by atoms with van der Waals surface area (Å²) >= 11 is 0. The first-order valence-corrected chi connectivity index (χ1v) is 6.51. The predicted molar refractivity (Wildman–Crippen MR) is 72.3 cm³/mol. The molecule has 0 bridgehead atoms. The van der Waals surface area contributed by atoms with Crippen LogP contribution in [0, 0.1) is 0 Å². The van der Waals surface area contributed by atoms with E-state index in [1.54, 1.807) is 4.90 Å². The van der Waals surface area contributed by atoms with E-state index in [0.29, 0.717) is 32.1 Å². The number of rotatable bonds is 4. The van der Waals surface area contributed by atoms with Gasteiger partial charge in [0.25, 0.3) is 5.91 Å². The quantitative estimate of drug-likeness (QED) is 0.810. The molecule has 1 amide bonds. The maximum absolute atomic E-state index is 11.9. The Balaban J connectivity index is 1.93. The summed E-state index contributed by atoms with van der Waals surface area (Å²) in [5.74, 6) is -0.860. The fraction of sp³-hybridized carbons (Fsp3) is 0.429. The molecule has 0 unspecified atom stereocenters. The molecule has 0 saturated carbocycles. The molecule has 0 radical (unpaired) electrons. The number of hydrogen-bond donors (Lipinski definition) is 1. The lowest BCUT2D eigenvalue weighted by molar-refractivity contribution is -0.138. The van der Waals surface area contributed by atoms with Crippen molar-refractivity contribution in [3.8, 4) is 11.5 Å². The van der Waals surface area contributed by atoms with E-state index in [0.717, 1.165) is 0 Å². The minimum absolute atomic E-state index is 0.0378. The monoisotopic (exact) mass is 295 g/mol. The first kappa shape index (κ1) is 15.1. The second-order valence-corrected chi connectivity index (χ2v) is 4.45. The minimum atomic E-state index is -0.770. The molecule has 1 fully saturated rings. The van der Waals surface area contributed by atoms with Gasteiger partial charge in [0.2, 0.25) is 0 Å². The molecule has 1 aliphatic heterocycles. The van der Waals surface area contributed by atoms with Crippen molar-refractivity contribution in [2.45, 2.75) is 0 Å². The van der Waals surface area contributed by atoms with Gasteiger partial charge in [0, 0.05) is 13.1 Å². The van der Waals surface area contributed by atoms with E-state index in [1.165, 1.54) is 25.3 Å². The van der Waals surface area contributed by atoms with E-state index in [4.69, 9.17) is 14.2 Å². The van der Waals surface area contributed by atoms with Crippen LogP contribution < -0.4 is 4.74 Å². The van der Waals surface area contributed by atoms with Gasteiger partial charge < -0.3 is 24.2 Å². The largest absolute Gasteiger partial charge is 0.507 e. The third kappa shape index (κ3) is 3.85. The number of benzene rings is 1. The summed E-state index contributed by atoms with van der Waals surface area (Å²) in [7, 11) is 1.45. The Morgan fingerprint density at radius 1 is 1.33 bits per heavy atom. The summed E-state index contributed by atoms with van der Waals surface area (Å²) in [6, 6.07) is 4.21. The second-order valence-electron chi connectivity index (χ2n) is 4.45. The van der Waals surface area contributed by atoms with Gasteiger partial charge >= 0.3 is 5.97 Å². The highest BCUT2D eigenvalue weighted by Gasteiger charge is 2.20. The van der Waals surface area contributed by atoms with E-state index in [1.807, 2.05) is 0 Å². The van der Waals surface area contributed by atoms with Crippen molar-refractivity contribution in [3.63, 3.8) is 0 Å². The highest BCUT2D eigenvalue weighted by molar-refractivity contribution is 5.94. The summed E-state index contributed by atoms with van der Waals surface area (Å²) in [6.45, 7) is 1.57. The van der Waals surface area contributed by atoms with Gasteiger partial charge in [-0.3, -0.25) is 4.79 Å². The molecule has 1 heterocycles. The number of morpholine rings is 1. The molecule has 7 nitrogen and oxygen atoms in total. The van der Waals surface area contributed by atoms with Crippen LogP contribution in [0.2, 0.25) is 0 Å². The van der Waals surface area contributed by atoms with Gasteiger partial charge in [-0.05, 0) is 18.2 Å². The maximum Gasteiger partial charge on any atom is 0.342 e. The number of aromatic hydroxyl groups is 1. The van der Waals surface area contributed by atoms with Crippen molar-refractivity contribution in [2.75, 3.05) is 40.0 Å². The molecule has 0 aliphatic carbocycles. The van der Waals surface area contributed by atoms with Crippen LogP contribution in [0.5, 0.6) is 11.5 Å². The van der Waals surface area contributed by atoms with Gasteiger partial charge in [0.1, 0.15) is 17.1 Å². The molecule has 1 N–H and O–H groups in total. The summed E-state index contributed by atoms with van der Waals surface area (Å²) in [4.78, 5) is 25.3. The van der Waals surface area contributed by atoms with Crippen LogP contribution in [-0.4, -0.2) is 61.9 Å². The Morgan fingerprint density at radius 3 is 2.71 bits per heavy atom. The number of nitrogens with zero attached hydrogens (tertiary/aromatic N) is 1. The highest BCUT2D eigenvalue weighted by atomic mass is 16.5. The molecule has 0 atom stereocenters. The van der Waals surface area contributed by atoms with Gasteiger partial charge in [0.05, 0.1) is 20.3 Å². The molecular formula is C14H17NO6. The molecule has 21 heavy (non-hydrogen) atoms. The van der Waals surface area contributed by atoms with Gasteiger partial charge in [-0.1, -0.05) is 0 Å². The Morgan fingerprint density at radius 2 is 2.05 bits per heavy atom. The van der Waals surface area contributed by atoms with Gasteiger partial charge in [-0.2, -0.15) is 0 Å². The molecular weight excluding hydrogens is 278 g/mol. The number of carbonyl (C=O) groups excluding carboxylic acids is 2. The Labute approximate surface area is 122 Å². The highest BCUT2D eigenvalue weighted by Crippen LogP contribution is 2.23. The van der Waals surface area contributed by atoms with E-state index in [9.17, 15) is 14.7 Å². The van der Waals surface area contributed by atoms with Crippen molar-refractivity contribution in [2.24, 2.45) is 0 Å². The average molecular weight is 295 g/mol. The van der Waals surface area contributed by atoms with Crippen molar-refractivity contribution in [1.82, 2.24) is 4.90 Å². The molecule has 1 aromatic carbocycles. The molecule has 0 aromatic heterocycles. The Bertz CT molecular complexity index is 524. The smallest absolute Gasteiger partial charge is 0.342 e. The zero-order valence-electron chi connectivity index (χ0n) is 11.7. The number of phenols is 1. The standard InChI is InChI=1S/C14H17NO6/c1-19-10-2-3-12(16)11(8-10)14(18)21-9-13(17)15-4-6-20-7-5-15/h2-3,8,16H,4-7,9H2,1H3. The number of carbonyl (C=O) groups is 2. The summed E-state index contributed by atoms with van der Waals surface area (Å²) in [5.41, 5.74) is -0.0378. The molecule has 114 valence electrons. The first-order valence-electron chi connectivity index (χ1n) is 6.51.